The second-order valence-electron chi connectivity index (χ2n) is 5.84. The van der Waals surface area contributed by atoms with Crippen molar-refractivity contribution >= 4 is 11.9 Å². The maximum Gasteiger partial charge on any atom is 0.292 e. The van der Waals surface area contributed by atoms with Crippen LogP contribution in [0.1, 0.15) is 29.3 Å². The number of amides is 1. The standard InChI is InChI=1S/C20H22N2O5/c1-3-9-25-20(22-19(23)15-5-4-6-16(11-15)24-2)21-12-14-7-8-17-18(10-14)27-13-26-17/h4-8,10-11H,3,9,12-13H2,1-2H3,(H,21,22,23). The van der Waals surface area contributed by atoms with Crippen LogP contribution in [0, 0.1) is 0 Å². The van der Waals surface area contributed by atoms with Crippen molar-refractivity contribution in [1.82, 2.24) is 5.32 Å². The molecule has 3 rings (SSSR count). The average Bonchev–Trinajstić information content (AvgIpc) is 3.17. The molecule has 142 valence electrons. The minimum Gasteiger partial charge on any atom is -0.497 e. The van der Waals surface area contributed by atoms with E-state index in [0.717, 1.165) is 17.7 Å². The summed E-state index contributed by atoms with van der Waals surface area (Å²) in [4.78, 5) is 16.9. The minimum atomic E-state index is -0.311. The molecule has 0 saturated heterocycles. The van der Waals surface area contributed by atoms with Gasteiger partial charge in [0, 0.05) is 5.56 Å². The third kappa shape index (κ3) is 4.91. The number of hydrogen-bond donors (Lipinski definition) is 1. The molecule has 1 amide bonds. The molecule has 1 heterocycles. The van der Waals surface area contributed by atoms with E-state index >= 15 is 0 Å². The largest absolute Gasteiger partial charge is 0.497 e. The lowest BCUT2D eigenvalue weighted by molar-refractivity contribution is 0.0965. The second-order valence-corrected chi connectivity index (χ2v) is 5.84. The zero-order chi connectivity index (χ0) is 19.1. The number of rotatable bonds is 6. The van der Waals surface area contributed by atoms with Crippen molar-refractivity contribution in [2.24, 2.45) is 4.99 Å². The Labute approximate surface area is 157 Å². The van der Waals surface area contributed by atoms with Crippen molar-refractivity contribution < 1.29 is 23.7 Å². The van der Waals surface area contributed by atoms with Crippen molar-refractivity contribution in [2.75, 3.05) is 20.5 Å². The molecule has 0 spiro atoms. The highest BCUT2D eigenvalue weighted by atomic mass is 16.7. The predicted octanol–water partition coefficient (Wildman–Crippen LogP) is 3.14. The van der Waals surface area contributed by atoms with E-state index in [1.54, 1.807) is 31.4 Å². The number of nitrogens with zero attached hydrogens (tertiary/aromatic N) is 1. The first-order chi connectivity index (χ1) is 13.2. The highest BCUT2D eigenvalue weighted by Crippen LogP contribution is 2.32. The molecular weight excluding hydrogens is 348 g/mol. The summed E-state index contributed by atoms with van der Waals surface area (Å²) in [6, 6.07) is 12.7. The van der Waals surface area contributed by atoms with Gasteiger partial charge in [0.15, 0.2) is 11.5 Å². The molecule has 1 N–H and O–H groups in total. The topological polar surface area (TPSA) is 78.4 Å². The first kappa shape index (κ1) is 18.6. The quantitative estimate of drug-likeness (QED) is 0.624. The van der Waals surface area contributed by atoms with Crippen molar-refractivity contribution in [3.63, 3.8) is 0 Å². The Balaban J connectivity index is 1.70. The molecule has 0 saturated carbocycles. The van der Waals surface area contributed by atoms with Crippen LogP contribution in [0.3, 0.4) is 0 Å². The van der Waals surface area contributed by atoms with E-state index in [9.17, 15) is 4.79 Å². The van der Waals surface area contributed by atoms with E-state index in [-0.39, 0.29) is 18.7 Å². The number of benzene rings is 2. The van der Waals surface area contributed by atoms with Gasteiger partial charge in [0.2, 0.25) is 6.79 Å². The Hall–Kier alpha value is -3.22. The van der Waals surface area contributed by atoms with E-state index in [1.807, 2.05) is 25.1 Å². The first-order valence-corrected chi connectivity index (χ1v) is 8.70. The fraction of sp³-hybridized carbons (Fsp3) is 0.300. The van der Waals surface area contributed by atoms with Gasteiger partial charge in [-0.2, -0.15) is 0 Å². The lowest BCUT2D eigenvalue weighted by atomic mass is 10.2. The number of methoxy groups -OCH3 is 1. The number of hydrogen-bond acceptors (Lipinski definition) is 6. The number of carbonyl (C=O) groups excluding carboxylic acids is 1. The minimum absolute atomic E-state index is 0.183. The summed E-state index contributed by atoms with van der Waals surface area (Å²) in [5.74, 6) is 1.71. The molecule has 0 aromatic heterocycles. The number of ether oxygens (including phenoxy) is 4. The van der Waals surface area contributed by atoms with Gasteiger partial charge in [-0.05, 0) is 42.3 Å². The fourth-order valence-corrected chi connectivity index (χ4v) is 2.46. The summed E-state index contributed by atoms with van der Waals surface area (Å²) < 4.78 is 21.4. The van der Waals surface area contributed by atoms with Crippen LogP contribution in [0.4, 0.5) is 0 Å². The van der Waals surface area contributed by atoms with E-state index in [0.29, 0.717) is 30.2 Å². The molecular formula is C20H22N2O5. The zero-order valence-corrected chi connectivity index (χ0v) is 15.4. The molecule has 0 bridgehead atoms. The van der Waals surface area contributed by atoms with Crippen LogP contribution in [0.2, 0.25) is 0 Å². The Bertz CT molecular complexity index is 835. The highest BCUT2D eigenvalue weighted by Gasteiger charge is 2.14. The number of carbonyl (C=O) groups is 1. The Morgan fingerprint density at radius 1 is 1.19 bits per heavy atom. The van der Waals surface area contributed by atoms with Gasteiger partial charge in [0.25, 0.3) is 11.9 Å². The lowest BCUT2D eigenvalue weighted by Crippen LogP contribution is -2.33. The average molecular weight is 370 g/mol. The molecule has 0 atom stereocenters. The van der Waals surface area contributed by atoms with E-state index < -0.39 is 0 Å². The van der Waals surface area contributed by atoms with Crippen LogP contribution in [-0.2, 0) is 11.3 Å². The number of fused-ring (bicyclic) bond motifs is 1. The smallest absolute Gasteiger partial charge is 0.292 e. The molecule has 1 aliphatic rings. The van der Waals surface area contributed by atoms with Crippen LogP contribution in [0.5, 0.6) is 17.2 Å². The maximum atomic E-state index is 12.5. The summed E-state index contributed by atoms with van der Waals surface area (Å²) >= 11 is 0. The van der Waals surface area contributed by atoms with Crippen molar-refractivity contribution in [1.29, 1.82) is 0 Å². The molecule has 27 heavy (non-hydrogen) atoms. The maximum absolute atomic E-state index is 12.5. The zero-order valence-electron chi connectivity index (χ0n) is 15.4. The third-order valence-electron chi connectivity index (χ3n) is 3.84. The molecule has 0 fully saturated rings. The summed E-state index contributed by atoms with van der Waals surface area (Å²) in [6.45, 7) is 3.01. The second kappa shape index (κ2) is 8.93. The van der Waals surface area contributed by atoms with Crippen LogP contribution >= 0.6 is 0 Å². The molecule has 0 radical (unpaired) electrons. The molecule has 1 aliphatic heterocycles. The summed E-state index contributed by atoms with van der Waals surface area (Å²) in [6.07, 6.45) is 0.804. The SMILES string of the molecule is CCCOC(=NCc1ccc2c(c1)OCO2)NC(=O)c1cccc(OC)c1. The molecule has 2 aromatic carbocycles. The molecule has 0 aliphatic carbocycles. The van der Waals surface area contributed by atoms with Crippen LogP contribution in [0.15, 0.2) is 47.5 Å². The fourth-order valence-electron chi connectivity index (χ4n) is 2.46. The Morgan fingerprint density at radius 2 is 2.04 bits per heavy atom. The number of amidine groups is 1. The molecule has 7 nitrogen and oxygen atoms in total. The van der Waals surface area contributed by atoms with Crippen LogP contribution < -0.4 is 19.5 Å². The summed E-state index contributed by atoms with van der Waals surface area (Å²) in [5, 5.41) is 2.72. The van der Waals surface area contributed by atoms with Crippen LogP contribution in [-0.4, -0.2) is 32.4 Å². The summed E-state index contributed by atoms with van der Waals surface area (Å²) in [5.41, 5.74) is 1.39. The van der Waals surface area contributed by atoms with E-state index in [2.05, 4.69) is 10.3 Å². The van der Waals surface area contributed by atoms with Gasteiger partial charge in [-0.25, -0.2) is 4.99 Å². The van der Waals surface area contributed by atoms with Crippen molar-refractivity contribution in [3.8, 4) is 17.2 Å². The van der Waals surface area contributed by atoms with Gasteiger partial charge in [-0.15, -0.1) is 0 Å². The van der Waals surface area contributed by atoms with Gasteiger partial charge >= 0.3 is 0 Å². The normalized spacial score (nSPS) is 12.6. The number of nitrogens with one attached hydrogen (secondary N) is 1. The van der Waals surface area contributed by atoms with E-state index in [1.165, 1.54) is 0 Å². The molecule has 7 heteroatoms. The lowest BCUT2D eigenvalue weighted by Gasteiger charge is -2.11. The Morgan fingerprint density at radius 3 is 2.85 bits per heavy atom. The summed E-state index contributed by atoms with van der Waals surface area (Å²) in [7, 11) is 1.56. The monoisotopic (exact) mass is 370 g/mol. The van der Waals surface area contributed by atoms with Gasteiger partial charge in [-0.1, -0.05) is 19.1 Å². The molecule has 2 aromatic rings. The van der Waals surface area contributed by atoms with Gasteiger partial charge in [0.1, 0.15) is 5.75 Å². The van der Waals surface area contributed by atoms with Gasteiger partial charge < -0.3 is 18.9 Å². The molecule has 0 unspecified atom stereocenters. The highest BCUT2D eigenvalue weighted by molar-refractivity contribution is 6.04. The first-order valence-electron chi connectivity index (χ1n) is 8.70. The number of aliphatic imine (C=N–C) groups is 1. The van der Waals surface area contributed by atoms with Crippen molar-refractivity contribution in [3.05, 3.63) is 53.6 Å². The Kier molecular flexibility index (Phi) is 6.14. The third-order valence-corrected chi connectivity index (χ3v) is 3.84. The van der Waals surface area contributed by atoms with E-state index in [4.69, 9.17) is 18.9 Å². The van der Waals surface area contributed by atoms with Crippen LogP contribution in [0.25, 0.3) is 0 Å². The predicted molar refractivity (Wildman–Crippen MR) is 100 cm³/mol. The van der Waals surface area contributed by atoms with Crippen molar-refractivity contribution in [2.45, 2.75) is 19.9 Å². The van der Waals surface area contributed by atoms with Gasteiger partial charge in [0.05, 0.1) is 20.3 Å². The van der Waals surface area contributed by atoms with Gasteiger partial charge in [-0.3, -0.25) is 10.1 Å².